The van der Waals surface area contributed by atoms with Crippen LogP contribution < -0.4 is 5.32 Å². The van der Waals surface area contributed by atoms with Gasteiger partial charge in [0.1, 0.15) is 5.58 Å². The van der Waals surface area contributed by atoms with Crippen LogP contribution in [0.15, 0.2) is 22.8 Å². The molecule has 0 amide bonds. The van der Waals surface area contributed by atoms with Gasteiger partial charge in [-0.3, -0.25) is 4.79 Å². The van der Waals surface area contributed by atoms with E-state index >= 15 is 0 Å². The number of anilines is 1. The van der Waals surface area contributed by atoms with Crippen LogP contribution in [-0.2, 0) is 6.42 Å². The van der Waals surface area contributed by atoms with Crippen LogP contribution in [0.4, 0.5) is 5.69 Å². The van der Waals surface area contributed by atoms with E-state index in [2.05, 4.69) is 12.2 Å². The number of aliphatic hydroxyl groups excluding tert-OH is 1. The third-order valence-corrected chi connectivity index (χ3v) is 3.85. The fourth-order valence-electron chi connectivity index (χ4n) is 2.03. The van der Waals surface area contributed by atoms with Crippen molar-refractivity contribution in [3.05, 3.63) is 29.5 Å². The normalized spacial score (nSPS) is 10.9. The quantitative estimate of drug-likeness (QED) is 0.881. The molecule has 5 heteroatoms. The molecule has 0 bridgehead atoms. The van der Waals surface area contributed by atoms with Crippen molar-refractivity contribution < 1.29 is 14.3 Å². The molecule has 0 fully saturated rings. The van der Waals surface area contributed by atoms with E-state index in [4.69, 9.17) is 9.52 Å². The highest BCUT2D eigenvalue weighted by Gasteiger charge is 2.14. The molecule has 2 N–H and O–H groups in total. The third-order valence-electron chi connectivity index (χ3n) is 2.96. The molecule has 19 heavy (non-hydrogen) atoms. The Morgan fingerprint density at radius 1 is 1.47 bits per heavy atom. The molecule has 1 aromatic carbocycles. The minimum atomic E-state index is -0.0538. The Balaban J connectivity index is 2.45. The molecule has 1 heterocycles. The lowest BCUT2D eigenvalue weighted by molar-refractivity contribution is 0.108. The van der Waals surface area contributed by atoms with Crippen molar-refractivity contribution in [2.24, 2.45) is 0 Å². The number of nitrogens with one attached hydrogen (secondary N) is 1. The third kappa shape index (κ3) is 2.77. The Labute approximate surface area is 116 Å². The number of carbonyl (C=O) groups excluding carboxylic acids is 1. The van der Waals surface area contributed by atoms with Crippen LogP contribution in [0.2, 0.25) is 0 Å². The highest BCUT2D eigenvalue weighted by molar-refractivity contribution is 8.14. The maximum atomic E-state index is 12.0. The van der Waals surface area contributed by atoms with Gasteiger partial charge in [-0.25, -0.2) is 0 Å². The number of furan rings is 1. The number of hydrogen-bond donors (Lipinski definition) is 2. The highest BCUT2D eigenvalue weighted by atomic mass is 32.2. The zero-order valence-electron chi connectivity index (χ0n) is 11.0. The van der Waals surface area contributed by atoms with Crippen LogP contribution in [0.1, 0.15) is 22.8 Å². The van der Waals surface area contributed by atoms with Crippen molar-refractivity contribution in [3.63, 3.8) is 0 Å². The summed E-state index contributed by atoms with van der Waals surface area (Å²) in [6.45, 7) is 2.07. The van der Waals surface area contributed by atoms with E-state index in [1.165, 1.54) is 0 Å². The van der Waals surface area contributed by atoms with Crippen LogP contribution in [0.5, 0.6) is 0 Å². The van der Waals surface area contributed by atoms with Gasteiger partial charge < -0.3 is 14.8 Å². The second-order valence-electron chi connectivity index (χ2n) is 4.12. The smallest absolute Gasteiger partial charge is 0.219 e. The molecule has 0 saturated heterocycles. The van der Waals surface area contributed by atoms with Crippen LogP contribution in [0, 0.1) is 0 Å². The maximum Gasteiger partial charge on any atom is 0.219 e. The van der Waals surface area contributed by atoms with Crippen molar-refractivity contribution in [3.8, 4) is 0 Å². The first-order valence-electron chi connectivity index (χ1n) is 6.21. The average Bonchev–Trinajstić information content (AvgIpc) is 2.86. The zero-order valence-corrected chi connectivity index (χ0v) is 11.8. The lowest BCUT2D eigenvalue weighted by Gasteiger charge is -2.07. The molecule has 0 spiro atoms. The summed E-state index contributed by atoms with van der Waals surface area (Å²) in [6.07, 6.45) is 2.62. The predicted octanol–water partition coefficient (Wildman–Crippen LogP) is 2.90. The first kappa shape index (κ1) is 14.0. The van der Waals surface area contributed by atoms with Crippen LogP contribution in [0.25, 0.3) is 11.0 Å². The molecule has 0 aliphatic rings. The Hall–Kier alpha value is -1.46. The molecule has 0 aliphatic heterocycles. The van der Waals surface area contributed by atoms with E-state index in [1.54, 1.807) is 12.3 Å². The summed E-state index contributed by atoms with van der Waals surface area (Å²) in [4.78, 5) is 12.0. The Bertz CT molecular complexity index is 592. The lowest BCUT2D eigenvalue weighted by Crippen LogP contribution is -1.99. The summed E-state index contributed by atoms with van der Waals surface area (Å²) < 4.78 is 5.53. The zero-order chi connectivity index (χ0) is 13.8. The van der Waals surface area contributed by atoms with Gasteiger partial charge >= 0.3 is 0 Å². The van der Waals surface area contributed by atoms with Crippen molar-refractivity contribution in [1.82, 2.24) is 0 Å². The van der Waals surface area contributed by atoms with Gasteiger partial charge in [-0.05, 0) is 18.6 Å². The highest BCUT2D eigenvalue weighted by Crippen LogP contribution is 2.31. The fourth-order valence-corrected chi connectivity index (χ4v) is 2.59. The van der Waals surface area contributed by atoms with Crippen molar-refractivity contribution >= 4 is 33.5 Å². The standard InChI is InChI=1S/C14H17NO3S/c1-3-9-8-18-12-7-10(14(17)19-5-4-16)6-11(15-2)13(9)12/h6-8,15-16H,3-5H2,1-2H3. The SMILES string of the molecule is CCc1coc2cc(C(=O)SCCO)cc(NC)c12. The number of benzene rings is 1. The molecule has 0 aliphatic carbocycles. The number of hydrogen-bond acceptors (Lipinski definition) is 5. The molecule has 1 aromatic heterocycles. The van der Waals surface area contributed by atoms with E-state index in [9.17, 15) is 4.79 Å². The number of aliphatic hydroxyl groups is 1. The minimum absolute atomic E-state index is 0.00172. The molecular weight excluding hydrogens is 262 g/mol. The molecule has 102 valence electrons. The van der Waals surface area contributed by atoms with Crippen LogP contribution in [-0.4, -0.2) is 29.6 Å². The van der Waals surface area contributed by atoms with Gasteiger partial charge in [-0.15, -0.1) is 0 Å². The number of carbonyl (C=O) groups is 1. The molecule has 0 atom stereocenters. The summed E-state index contributed by atoms with van der Waals surface area (Å²) in [7, 11) is 1.83. The first-order chi connectivity index (χ1) is 9.21. The van der Waals surface area contributed by atoms with E-state index in [0.29, 0.717) is 11.3 Å². The first-order valence-corrected chi connectivity index (χ1v) is 7.19. The van der Waals surface area contributed by atoms with Gasteiger partial charge in [0.25, 0.3) is 0 Å². The van der Waals surface area contributed by atoms with E-state index < -0.39 is 0 Å². The Morgan fingerprint density at radius 3 is 2.89 bits per heavy atom. The Kier molecular flexibility index (Phi) is 4.50. The largest absolute Gasteiger partial charge is 0.464 e. The number of aryl methyl sites for hydroxylation is 1. The molecule has 0 unspecified atom stereocenters. The summed E-state index contributed by atoms with van der Waals surface area (Å²) in [5, 5.41) is 12.9. The van der Waals surface area contributed by atoms with Gasteiger partial charge in [-0.2, -0.15) is 0 Å². The van der Waals surface area contributed by atoms with Crippen LogP contribution in [0.3, 0.4) is 0 Å². The predicted molar refractivity (Wildman–Crippen MR) is 79.0 cm³/mol. The maximum absolute atomic E-state index is 12.0. The molecule has 2 rings (SSSR count). The van der Waals surface area contributed by atoms with E-state index in [1.807, 2.05) is 13.1 Å². The average molecular weight is 279 g/mol. The number of fused-ring (bicyclic) bond motifs is 1. The second-order valence-corrected chi connectivity index (χ2v) is 5.19. The monoisotopic (exact) mass is 279 g/mol. The molecule has 4 nitrogen and oxygen atoms in total. The van der Waals surface area contributed by atoms with Gasteiger partial charge in [0, 0.05) is 35.0 Å². The molecular formula is C14H17NO3S. The van der Waals surface area contributed by atoms with Gasteiger partial charge in [-0.1, -0.05) is 18.7 Å². The van der Waals surface area contributed by atoms with Gasteiger partial charge in [0.2, 0.25) is 5.12 Å². The van der Waals surface area contributed by atoms with Gasteiger partial charge in [0.15, 0.2) is 0 Å². The minimum Gasteiger partial charge on any atom is -0.464 e. The van der Waals surface area contributed by atoms with Crippen LogP contribution >= 0.6 is 11.8 Å². The number of thioether (sulfide) groups is 1. The molecule has 2 aromatic rings. The molecule has 0 radical (unpaired) electrons. The lowest BCUT2D eigenvalue weighted by atomic mass is 10.1. The molecule has 0 saturated carbocycles. The second kappa shape index (κ2) is 6.12. The number of rotatable bonds is 5. The van der Waals surface area contributed by atoms with Crippen molar-refractivity contribution in [2.75, 3.05) is 24.7 Å². The summed E-state index contributed by atoms with van der Waals surface area (Å²) in [5.74, 6) is 0.407. The van der Waals surface area contributed by atoms with Crippen molar-refractivity contribution in [2.45, 2.75) is 13.3 Å². The van der Waals surface area contributed by atoms with Crippen molar-refractivity contribution in [1.29, 1.82) is 0 Å². The van der Waals surface area contributed by atoms with E-state index in [-0.39, 0.29) is 11.7 Å². The Morgan fingerprint density at radius 2 is 2.26 bits per heavy atom. The summed E-state index contributed by atoms with van der Waals surface area (Å²) >= 11 is 1.11. The summed E-state index contributed by atoms with van der Waals surface area (Å²) in [5.41, 5.74) is 3.33. The van der Waals surface area contributed by atoms with E-state index in [0.717, 1.165) is 40.4 Å². The summed E-state index contributed by atoms with van der Waals surface area (Å²) in [6, 6.07) is 3.60. The van der Waals surface area contributed by atoms with Gasteiger partial charge in [0.05, 0.1) is 12.9 Å². The fraction of sp³-hybridized carbons (Fsp3) is 0.357. The topological polar surface area (TPSA) is 62.5 Å².